The van der Waals surface area contributed by atoms with Gasteiger partial charge in [-0.05, 0) is 37.1 Å². The molecule has 1 N–H and O–H groups in total. The summed E-state index contributed by atoms with van der Waals surface area (Å²) in [6.45, 7) is 0. The van der Waals surface area contributed by atoms with Gasteiger partial charge in [0.1, 0.15) is 0 Å². The largest absolute Gasteiger partial charge is 0.301 e. The highest BCUT2D eigenvalue weighted by Gasteiger charge is 2.07. The van der Waals surface area contributed by atoms with Crippen molar-refractivity contribution in [1.82, 2.24) is 15.0 Å². The Balaban J connectivity index is 1.27. The maximum absolute atomic E-state index is 12.2. The van der Waals surface area contributed by atoms with Crippen molar-refractivity contribution >= 4 is 40.5 Å². The zero-order valence-electron chi connectivity index (χ0n) is 16.6. The minimum atomic E-state index is -0.0898. The first-order valence-corrected chi connectivity index (χ1v) is 12.2. The molecule has 0 atom stereocenters. The average Bonchev–Trinajstić information content (AvgIpc) is 3.25. The van der Waals surface area contributed by atoms with Crippen molar-refractivity contribution < 1.29 is 4.79 Å². The van der Waals surface area contributed by atoms with E-state index in [4.69, 9.17) is 11.6 Å². The number of benzene rings is 1. The second kappa shape index (κ2) is 12.0. The fourth-order valence-electron chi connectivity index (χ4n) is 2.97. The summed E-state index contributed by atoms with van der Waals surface area (Å²) in [4.78, 5) is 35.7. The van der Waals surface area contributed by atoms with Gasteiger partial charge in [-0.15, -0.1) is 11.3 Å². The van der Waals surface area contributed by atoms with Crippen LogP contribution in [0.4, 0.5) is 0 Å². The van der Waals surface area contributed by atoms with Gasteiger partial charge in [0.05, 0.1) is 5.01 Å². The van der Waals surface area contributed by atoms with Gasteiger partial charge in [0.25, 0.3) is 5.56 Å². The SMILES string of the molecule is O=C(CCCCCCCSc1ncc(Cc2nccs2)c(=O)[nH]1)c1ccc(Cl)cc1. The number of H-pyrrole nitrogens is 1. The smallest absolute Gasteiger partial charge is 0.255 e. The maximum atomic E-state index is 12.2. The number of nitrogens with one attached hydrogen (secondary N) is 1. The number of unbranched alkanes of at least 4 members (excludes halogenated alkanes) is 4. The maximum Gasteiger partial charge on any atom is 0.255 e. The number of carbonyl (C=O) groups is 1. The van der Waals surface area contributed by atoms with E-state index in [2.05, 4.69) is 15.0 Å². The Hall–Kier alpha value is -1.96. The molecule has 0 unspecified atom stereocenters. The molecule has 0 bridgehead atoms. The molecule has 158 valence electrons. The van der Waals surface area contributed by atoms with Gasteiger partial charge in [-0.1, -0.05) is 42.6 Å². The molecule has 1 aromatic carbocycles. The molecule has 8 heteroatoms. The van der Waals surface area contributed by atoms with Crippen LogP contribution in [-0.2, 0) is 6.42 Å². The van der Waals surface area contributed by atoms with E-state index in [1.807, 2.05) is 5.38 Å². The van der Waals surface area contributed by atoms with Gasteiger partial charge >= 0.3 is 0 Å². The molecule has 30 heavy (non-hydrogen) atoms. The third kappa shape index (κ3) is 7.38. The van der Waals surface area contributed by atoms with Crippen molar-refractivity contribution in [2.45, 2.75) is 50.1 Å². The van der Waals surface area contributed by atoms with E-state index >= 15 is 0 Å². The van der Waals surface area contributed by atoms with Crippen LogP contribution in [0.15, 0.2) is 52.0 Å². The Morgan fingerprint density at radius 2 is 1.83 bits per heavy atom. The summed E-state index contributed by atoms with van der Waals surface area (Å²) < 4.78 is 0. The number of hydrogen-bond donors (Lipinski definition) is 1. The summed E-state index contributed by atoms with van der Waals surface area (Å²) in [7, 11) is 0. The Labute approximate surface area is 189 Å². The van der Waals surface area contributed by atoms with Crippen LogP contribution in [0.3, 0.4) is 0 Å². The van der Waals surface area contributed by atoms with Crippen molar-refractivity contribution in [3.8, 4) is 0 Å². The number of rotatable bonds is 12. The van der Waals surface area contributed by atoms with Crippen LogP contribution in [0.2, 0.25) is 5.02 Å². The predicted molar refractivity (Wildman–Crippen MR) is 124 cm³/mol. The molecule has 0 saturated carbocycles. The highest BCUT2D eigenvalue weighted by Crippen LogP contribution is 2.17. The molecule has 0 fully saturated rings. The molecule has 0 amide bonds. The monoisotopic (exact) mass is 461 g/mol. The van der Waals surface area contributed by atoms with Crippen molar-refractivity contribution in [1.29, 1.82) is 0 Å². The molecule has 0 saturated heterocycles. The summed E-state index contributed by atoms with van der Waals surface area (Å²) in [5, 5.41) is 4.13. The van der Waals surface area contributed by atoms with Crippen molar-refractivity contribution in [3.05, 3.63) is 73.6 Å². The Kier molecular flexibility index (Phi) is 9.11. The molecule has 3 aromatic rings. The van der Waals surface area contributed by atoms with E-state index in [0.717, 1.165) is 48.4 Å². The lowest BCUT2D eigenvalue weighted by Crippen LogP contribution is -2.14. The highest BCUT2D eigenvalue weighted by atomic mass is 35.5. The zero-order valence-corrected chi connectivity index (χ0v) is 19.0. The summed E-state index contributed by atoms with van der Waals surface area (Å²) in [6, 6.07) is 7.07. The Morgan fingerprint density at radius 3 is 2.57 bits per heavy atom. The lowest BCUT2D eigenvalue weighted by atomic mass is 10.0. The normalized spacial score (nSPS) is 11.0. The Bertz CT molecular complexity index is 988. The standard InChI is InChI=1S/C22H24ClN3O2S2/c23-18-9-7-16(8-10-18)19(27)6-4-2-1-3-5-12-30-22-25-15-17(21(28)26-22)14-20-24-11-13-29-20/h7-11,13,15H,1-6,12,14H2,(H,25,26,28). The summed E-state index contributed by atoms with van der Waals surface area (Å²) in [5.74, 6) is 1.09. The minimum Gasteiger partial charge on any atom is -0.301 e. The second-order valence-electron chi connectivity index (χ2n) is 6.94. The zero-order chi connectivity index (χ0) is 21.2. The van der Waals surface area contributed by atoms with Crippen LogP contribution in [0.1, 0.15) is 59.5 Å². The predicted octanol–water partition coefficient (Wildman–Crippen LogP) is 5.79. The van der Waals surface area contributed by atoms with Crippen LogP contribution in [0, 0.1) is 0 Å². The van der Waals surface area contributed by atoms with E-state index in [1.165, 1.54) is 11.3 Å². The van der Waals surface area contributed by atoms with Crippen LogP contribution in [-0.4, -0.2) is 26.5 Å². The fourth-order valence-corrected chi connectivity index (χ4v) is 4.57. The first-order chi connectivity index (χ1) is 14.6. The number of thioether (sulfide) groups is 1. The van der Waals surface area contributed by atoms with Crippen LogP contribution in [0.5, 0.6) is 0 Å². The molecule has 2 aromatic heterocycles. The third-order valence-corrected chi connectivity index (χ3v) is 6.63. The minimum absolute atomic E-state index is 0.0898. The fraction of sp³-hybridized carbons (Fsp3) is 0.364. The number of hydrogen-bond acceptors (Lipinski definition) is 6. The summed E-state index contributed by atoms with van der Waals surface area (Å²) in [6.07, 6.45) is 9.71. The number of Topliss-reactive ketones (excluding diaryl/α,β-unsaturated/α-hetero) is 1. The molecule has 2 heterocycles. The molecule has 5 nitrogen and oxygen atoms in total. The molecule has 0 aliphatic rings. The number of thiazole rings is 1. The number of ketones is 1. The number of aromatic amines is 1. The molecule has 0 aliphatic carbocycles. The molecule has 0 radical (unpaired) electrons. The number of carbonyl (C=O) groups excluding carboxylic acids is 1. The van der Waals surface area contributed by atoms with E-state index in [0.29, 0.717) is 28.6 Å². The van der Waals surface area contributed by atoms with E-state index < -0.39 is 0 Å². The van der Waals surface area contributed by atoms with Gasteiger partial charge in [0, 0.05) is 52.5 Å². The van der Waals surface area contributed by atoms with E-state index in [1.54, 1.807) is 48.4 Å². The summed E-state index contributed by atoms with van der Waals surface area (Å²) in [5.41, 5.74) is 1.28. The summed E-state index contributed by atoms with van der Waals surface area (Å²) >= 11 is 8.96. The first-order valence-electron chi connectivity index (χ1n) is 10.00. The van der Waals surface area contributed by atoms with Gasteiger partial charge in [-0.3, -0.25) is 9.59 Å². The lowest BCUT2D eigenvalue weighted by molar-refractivity contribution is 0.0979. The topological polar surface area (TPSA) is 75.7 Å². The van der Waals surface area contributed by atoms with Crippen LogP contribution in [0.25, 0.3) is 0 Å². The van der Waals surface area contributed by atoms with E-state index in [9.17, 15) is 9.59 Å². The number of aromatic nitrogens is 3. The quantitative estimate of drug-likeness (QED) is 0.160. The molecule has 0 spiro atoms. The van der Waals surface area contributed by atoms with Gasteiger partial charge in [0.2, 0.25) is 0 Å². The molecule has 3 rings (SSSR count). The Morgan fingerprint density at radius 1 is 1.07 bits per heavy atom. The molecular formula is C22H24ClN3O2S2. The number of halogens is 1. The molecular weight excluding hydrogens is 438 g/mol. The second-order valence-corrected chi connectivity index (χ2v) is 9.44. The van der Waals surface area contributed by atoms with Crippen molar-refractivity contribution in [3.63, 3.8) is 0 Å². The third-order valence-electron chi connectivity index (χ3n) is 4.63. The van der Waals surface area contributed by atoms with Gasteiger partial charge in [-0.25, -0.2) is 9.97 Å². The van der Waals surface area contributed by atoms with Crippen LogP contribution >= 0.6 is 34.7 Å². The van der Waals surface area contributed by atoms with Gasteiger partial charge in [-0.2, -0.15) is 0 Å². The van der Waals surface area contributed by atoms with Crippen molar-refractivity contribution in [2.75, 3.05) is 5.75 Å². The van der Waals surface area contributed by atoms with Crippen LogP contribution < -0.4 is 5.56 Å². The number of nitrogens with zero attached hydrogens (tertiary/aromatic N) is 2. The highest BCUT2D eigenvalue weighted by molar-refractivity contribution is 7.99. The van der Waals surface area contributed by atoms with Crippen molar-refractivity contribution in [2.24, 2.45) is 0 Å². The lowest BCUT2D eigenvalue weighted by Gasteiger charge is -2.04. The average molecular weight is 462 g/mol. The first kappa shape index (κ1) is 22.7. The van der Waals surface area contributed by atoms with Gasteiger partial charge < -0.3 is 4.98 Å². The van der Waals surface area contributed by atoms with Gasteiger partial charge in [0.15, 0.2) is 10.9 Å². The molecule has 0 aliphatic heterocycles. The van der Waals surface area contributed by atoms with E-state index in [-0.39, 0.29) is 11.3 Å².